The lowest BCUT2D eigenvalue weighted by Gasteiger charge is -2.40. The monoisotopic (exact) mass is 342 g/mol. The molecule has 2 aliphatic rings. The minimum atomic E-state index is -0.445. The van der Waals surface area contributed by atoms with Crippen LogP contribution in [-0.4, -0.2) is 41.5 Å². The van der Waals surface area contributed by atoms with Gasteiger partial charge in [-0.05, 0) is 30.4 Å². The Bertz CT molecular complexity index is 736. The summed E-state index contributed by atoms with van der Waals surface area (Å²) >= 11 is 1.51. The molecule has 0 bridgehead atoms. The van der Waals surface area contributed by atoms with Crippen molar-refractivity contribution in [1.29, 1.82) is 0 Å². The second-order valence-electron chi connectivity index (χ2n) is 6.59. The van der Waals surface area contributed by atoms with Crippen LogP contribution in [0.2, 0.25) is 0 Å². The Morgan fingerprint density at radius 2 is 1.92 bits per heavy atom. The molecule has 6 heteroatoms. The Kier molecular flexibility index (Phi) is 4.24. The molecule has 0 atom stereocenters. The summed E-state index contributed by atoms with van der Waals surface area (Å²) in [5.41, 5.74) is 8.67. The molecule has 24 heavy (non-hydrogen) atoms. The number of nitrogens with two attached hydrogens (primary N) is 1. The van der Waals surface area contributed by atoms with Crippen molar-refractivity contribution in [3.63, 3.8) is 0 Å². The predicted molar refractivity (Wildman–Crippen MR) is 96.4 cm³/mol. The normalized spacial score (nSPS) is 19.2. The van der Waals surface area contributed by atoms with E-state index in [1.165, 1.54) is 22.5 Å². The van der Waals surface area contributed by atoms with Gasteiger partial charge in [0.1, 0.15) is 5.69 Å². The molecule has 3 heterocycles. The van der Waals surface area contributed by atoms with Crippen LogP contribution in [0, 0.1) is 0 Å². The van der Waals surface area contributed by atoms with Gasteiger partial charge in [0, 0.05) is 37.6 Å². The number of nitrogens with zero attached hydrogens (tertiary/aromatic N) is 3. The van der Waals surface area contributed by atoms with Gasteiger partial charge in [-0.1, -0.05) is 24.3 Å². The van der Waals surface area contributed by atoms with E-state index in [1.807, 2.05) is 0 Å². The smallest absolute Gasteiger partial charge is 0.268 e. The molecule has 5 nitrogen and oxygen atoms in total. The minimum absolute atomic E-state index is 0.379. The molecule has 1 aromatic heterocycles. The van der Waals surface area contributed by atoms with Crippen molar-refractivity contribution >= 4 is 22.4 Å². The second kappa shape index (κ2) is 6.53. The molecule has 0 spiro atoms. The fourth-order valence-corrected chi connectivity index (χ4v) is 4.64. The molecule has 0 unspecified atom stereocenters. The second-order valence-corrected chi connectivity index (χ2v) is 7.42. The van der Waals surface area contributed by atoms with Gasteiger partial charge in [0.2, 0.25) is 0 Å². The van der Waals surface area contributed by atoms with Gasteiger partial charge in [0.25, 0.3) is 5.91 Å². The van der Waals surface area contributed by atoms with Crippen LogP contribution < -0.4 is 10.6 Å². The molecule has 126 valence electrons. The van der Waals surface area contributed by atoms with Crippen LogP contribution in [0.4, 0.5) is 5.13 Å². The van der Waals surface area contributed by atoms with Crippen molar-refractivity contribution in [3.8, 4) is 0 Å². The Balaban J connectivity index is 1.37. The van der Waals surface area contributed by atoms with E-state index in [9.17, 15) is 4.79 Å². The number of anilines is 1. The van der Waals surface area contributed by atoms with Gasteiger partial charge in [-0.3, -0.25) is 9.69 Å². The van der Waals surface area contributed by atoms with E-state index in [0.29, 0.717) is 11.7 Å². The van der Waals surface area contributed by atoms with Gasteiger partial charge in [0.05, 0.1) is 0 Å². The van der Waals surface area contributed by atoms with Gasteiger partial charge in [-0.25, -0.2) is 4.98 Å². The van der Waals surface area contributed by atoms with Crippen molar-refractivity contribution < 1.29 is 4.79 Å². The number of thiazole rings is 1. The lowest BCUT2D eigenvalue weighted by atomic mass is 9.95. The van der Waals surface area contributed by atoms with Crippen LogP contribution in [-0.2, 0) is 13.0 Å². The Morgan fingerprint density at radius 1 is 1.17 bits per heavy atom. The highest BCUT2D eigenvalue weighted by molar-refractivity contribution is 7.13. The topological polar surface area (TPSA) is 62.5 Å². The number of benzene rings is 1. The average molecular weight is 342 g/mol. The summed E-state index contributed by atoms with van der Waals surface area (Å²) < 4.78 is 0. The number of carbonyl (C=O) groups is 1. The number of piperidine rings is 1. The molecular weight excluding hydrogens is 320 g/mol. The Labute approximate surface area is 146 Å². The number of fused-ring (bicyclic) bond motifs is 1. The summed E-state index contributed by atoms with van der Waals surface area (Å²) in [5, 5.41) is 2.68. The van der Waals surface area contributed by atoms with Crippen LogP contribution in [0.3, 0.4) is 0 Å². The summed E-state index contributed by atoms with van der Waals surface area (Å²) in [6.45, 7) is 4.22. The van der Waals surface area contributed by atoms with E-state index in [0.717, 1.165) is 50.6 Å². The van der Waals surface area contributed by atoms with E-state index in [2.05, 4.69) is 39.0 Å². The van der Waals surface area contributed by atoms with Crippen molar-refractivity contribution in [2.75, 3.05) is 24.5 Å². The van der Waals surface area contributed by atoms with Crippen LogP contribution in [0.1, 0.15) is 34.5 Å². The Morgan fingerprint density at radius 3 is 2.62 bits per heavy atom. The number of aromatic nitrogens is 1. The van der Waals surface area contributed by atoms with Gasteiger partial charge >= 0.3 is 0 Å². The van der Waals surface area contributed by atoms with E-state index in [4.69, 9.17) is 5.73 Å². The summed E-state index contributed by atoms with van der Waals surface area (Å²) in [5.74, 6) is -0.445. The first kappa shape index (κ1) is 15.6. The summed E-state index contributed by atoms with van der Waals surface area (Å²) in [6, 6.07) is 9.45. The average Bonchev–Trinajstić information content (AvgIpc) is 3.12. The number of carbonyl (C=O) groups excluding carboxylic acids is 1. The quantitative estimate of drug-likeness (QED) is 0.929. The number of rotatable bonds is 3. The van der Waals surface area contributed by atoms with E-state index in [-0.39, 0.29) is 0 Å². The first-order valence-corrected chi connectivity index (χ1v) is 9.40. The molecule has 0 saturated carbocycles. The molecule has 2 aliphatic heterocycles. The van der Waals surface area contributed by atoms with Crippen LogP contribution >= 0.6 is 11.3 Å². The van der Waals surface area contributed by atoms with Crippen LogP contribution in [0.25, 0.3) is 0 Å². The number of primary amides is 1. The molecule has 1 amide bonds. The SMILES string of the molecule is NC(=O)c1csc(N2CCC(N3CCc4ccccc4C3)CC2)n1. The molecule has 1 fully saturated rings. The van der Waals surface area contributed by atoms with Crippen LogP contribution in [0.5, 0.6) is 0 Å². The van der Waals surface area contributed by atoms with Gasteiger partial charge in [-0.2, -0.15) is 0 Å². The molecule has 0 radical (unpaired) electrons. The lowest BCUT2D eigenvalue weighted by Crippen LogP contribution is -2.46. The molecule has 2 aromatic rings. The molecule has 4 rings (SSSR count). The van der Waals surface area contributed by atoms with Crippen LogP contribution in [0.15, 0.2) is 29.6 Å². The third-order valence-electron chi connectivity index (χ3n) is 5.16. The highest BCUT2D eigenvalue weighted by atomic mass is 32.1. The molecule has 1 saturated heterocycles. The third-order valence-corrected chi connectivity index (χ3v) is 6.06. The zero-order valence-electron chi connectivity index (χ0n) is 13.6. The first-order valence-electron chi connectivity index (χ1n) is 8.52. The van der Waals surface area contributed by atoms with Crippen molar-refractivity contribution in [1.82, 2.24) is 9.88 Å². The highest BCUT2D eigenvalue weighted by Crippen LogP contribution is 2.28. The Hall–Kier alpha value is -1.92. The molecular formula is C18H22N4OS. The molecule has 1 aromatic carbocycles. The molecule has 0 aliphatic carbocycles. The summed E-state index contributed by atoms with van der Waals surface area (Å²) in [4.78, 5) is 20.5. The predicted octanol–water partition coefficient (Wildman–Crippen LogP) is 2.27. The van der Waals surface area contributed by atoms with E-state index in [1.54, 1.807) is 5.38 Å². The molecule has 2 N–H and O–H groups in total. The maximum atomic E-state index is 11.2. The van der Waals surface area contributed by atoms with Crippen molar-refractivity contribution in [2.45, 2.75) is 31.8 Å². The number of amides is 1. The third kappa shape index (κ3) is 3.03. The van der Waals surface area contributed by atoms with Gasteiger partial charge < -0.3 is 10.6 Å². The van der Waals surface area contributed by atoms with E-state index < -0.39 is 5.91 Å². The maximum Gasteiger partial charge on any atom is 0.268 e. The fraction of sp³-hybridized carbons (Fsp3) is 0.444. The largest absolute Gasteiger partial charge is 0.364 e. The van der Waals surface area contributed by atoms with Gasteiger partial charge in [-0.15, -0.1) is 11.3 Å². The minimum Gasteiger partial charge on any atom is -0.364 e. The zero-order valence-corrected chi connectivity index (χ0v) is 14.5. The number of hydrogen-bond donors (Lipinski definition) is 1. The lowest BCUT2D eigenvalue weighted by molar-refractivity contribution is 0.0996. The zero-order chi connectivity index (χ0) is 16.5. The first-order chi connectivity index (χ1) is 11.7. The van der Waals surface area contributed by atoms with Gasteiger partial charge in [0.15, 0.2) is 5.13 Å². The number of hydrogen-bond acceptors (Lipinski definition) is 5. The van der Waals surface area contributed by atoms with Crippen molar-refractivity contribution in [3.05, 3.63) is 46.5 Å². The standard InChI is InChI=1S/C18H22N4OS/c19-17(23)16-12-24-18(20-16)21-9-6-15(7-10-21)22-8-5-13-3-1-2-4-14(13)11-22/h1-4,12,15H,5-11H2,(H2,19,23). The van der Waals surface area contributed by atoms with Crippen molar-refractivity contribution in [2.24, 2.45) is 5.73 Å². The summed E-state index contributed by atoms with van der Waals surface area (Å²) in [7, 11) is 0. The fourth-order valence-electron chi connectivity index (χ4n) is 3.77. The summed E-state index contributed by atoms with van der Waals surface area (Å²) in [6.07, 6.45) is 3.45. The highest BCUT2D eigenvalue weighted by Gasteiger charge is 2.28. The maximum absolute atomic E-state index is 11.2. The van der Waals surface area contributed by atoms with E-state index >= 15 is 0 Å².